The van der Waals surface area contributed by atoms with Crippen molar-refractivity contribution in [3.8, 4) is 5.88 Å². The number of esters is 1. The van der Waals surface area contributed by atoms with Crippen LogP contribution >= 0.6 is 11.6 Å². The van der Waals surface area contributed by atoms with Gasteiger partial charge in [-0.1, -0.05) is 23.7 Å². The molecule has 4 heterocycles. The van der Waals surface area contributed by atoms with Crippen LogP contribution in [0.15, 0.2) is 67.0 Å². The van der Waals surface area contributed by atoms with E-state index >= 15 is 0 Å². The summed E-state index contributed by atoms with van der Waals surface area (Å²) < 4.78 is 32.9. The van der Waals surface area contributed by atoms with E-state index in [1.165, 1.54) is 13.2 Å². The summed E-state index contributed by atoms with van der Waals surface area (Å²) in [6.07, 6.45) is 3.64. The fourth-order valence-electron chi connectivity index (χ4n) is 6.03. The summed E-state index contributed by atoms with van der Waals surface area (Å²) in [4.78, 5) is 38.9. The maximum atomic E-state index is 14.2. The maximum absolute atomic E-state index is 14.2. The number of halogens is 2. The predicted octanol–water partition coefficient (Wildman–Crippen LogP) is 4.38. The van der Waals surface area contributed by atoms with Crippen LogP contribution in [0.3, 0.4) is 0 Å². The third-order valence-electron chi connectivity index (χ3n) is 8.57. The lowest BCUT2D eigenvalue weighted by Gasteiger charge is -2.43. The van der Waals surface area contributed by atoms with E-state index in [-0.39, 0.29) is 31.1 Å². The lowest BCUT2D eigenvalue weighted by Crippen LogP contribution is -2.60. The van der Waals surface area contributed by atoms with Crippen molar-refractivity contribution in [2.24, 2.45) is 0 Å². The number of anilines is 3. The molecule has 2 aliphatic rings. The van der Waals surface area contributed by atoms with Crippen molar-refractivity contribution in [1.82, 2.24) is 19.4 Å². The largest absolute Gasteiger partial charge is 0.473 e. The standard InChI is InChI=1S/C34H37ClFN7O5/c1-22-37-10-12-41(22)13-11-38-28-16-23(34(45)46-2)7-9-27(28)39-32(44)18-42-14-15-43(30-21-47-20-29(30)42)31-4-3-5-33(40-31)48-19-24-6-8-25(35)17-26(24)36/h3-10,12,16-17,29-30,38H,11,13-15,18-21H2,1-2H3,(H,39,44)/t29-,30+/m1/s1. The van der Waals surface area contributed by atoms with Gasteiger partial charge in [0.25, 0.3) is 0 Å². The summed E-state index contributed by atoms with van der Waals surface area (Å²) >= 11 is 5.87. The van der Waals surface area contributed by atoms with Crippen LogP contribution in [0.25, 0.3) is 0 Å². The smallest absolute Gasteiger partial charge is 0.337 e. The van der Waals surface area contributed by atoms with E-state index in [1.807, 2.05) is 29.8 Å². The van der Waals surface area contributed by atoms with E-state index in [2.05, 4.69) is 25.4 Å². The van der Waals surface area contributed by atoms with Gasteiger partial charge in [0.1, 0.15) is 24.1 Å². The molecule has 0 radical (unpaired) electrons. The third kappa shape index (κ3) is 7.70. The van der Waals surface area contributed by atoms with Crippen LogP contribution in [-0.2, 0) is 27.4 Å². The number of carbonyl (C=O) groups excluding carboxylic acids is 2. The number of aryl methyl sites for hydroxylation is 1. The number of imidazole rings is 1. The second-order valence-electron chi connectivity index (χ2n) is 11.6. The van der Waals surface area contributed by atoms with Crippen molar-refractivity contribution in [3.63, 3.8) is 0 Å². The third-order valence-corrected chi connectivity index (χ3v) is 8.80. The monoisotopic (exact) mass is 677 g/mol. The van der Waals surface area contributed by atoms with Crippen molar-refractivity contribution in [3.05, 3.63) is 94.8 Å². The van der Waals surface area contributed by atoms with Crippen LogP contribution in [0, 0.1) is 12.7 Å². The highest BCUT2D eigenvalue weighted by atomic mass is 35.5. The molecule has 2 aromatic heterocycles. The molecule has 2 N–H and O–H groups in total. The van der Waals surface area contributed by atoms with E-state index in [9.17, 15) is 14.0 Å². The highest BCUT2D eigenvalue weighted by Gasteiger charge is 2.42. The molecule has 252 valence electrons. The minimum absolute atomic E-state index is 0.0183. The number of pyridine rings is 1. The molecule has 2 atom stereocenters. The van der Waals surface area contributed by atoms with E-state index in [0.29, 0.717) is 72.8 Å². The number of benzene rings is 2. The molecule has 14 heteroatoms. The van der Waals surface area contributed by atoms with Gasteiger partial charge in [0, 0.05) is 55.2 Å². The number of ether oxygens (including phenoxy) is 3. The average Bonchev–Trinajstić information content (AvgIpc) is 3.74. The second kappa shape index (κ2) is 15.0. The number of hydrogen-bond donors (Lipinski definition) is 2. The van der Waals surface area contributed by atoms with Gasteiger partial charge in [-0.05, 0) is 43.3 Å². The first-order valence-corrected chi connectivity index (χ1v) is 16.0. The average molecular weight is 678 g/mol. The molecule has 2 aliphatic heterocycles. The van der Waals surface area contributed by atoms with Gasteiger partial charge in [0.05, 0.1) is 55.9 Å². The Morgan fingerprint density at radius 2 is 1.94 bits per heavy atom. The van der Waals surface area contributed by atoms with Crippen molar-refractivity contribution < 1.29 is 28.2 Å². The molecule has 48 heavy (non-hydrogen) atoms. The first-order chi connectivity index (χ1) is 23.3. The first kappa shape index (κ1) is 33.2. The molecule has 0 bridgehead atoms. The van der Waals surface area contributed by atoms with Gasteiger partial charge in [-0.25, -0.2) is 14.2 Å². The van der Waals surface area contributed by atoms with Gasteiger partial charge in [0.15, 0.2) is 0 Å². The van der Waals surface area contributed by atoms with Crippen molar-refractivity contribution in [2.75, 3.05) is 62.0 Å². The molecule has 6 rings (SSSR count). The number of amides is 1. The Labute approximate surface area is 282 Å². The molecule has 2 aromatic carbocycles. The number of nitrogens with zero attached hydrogens (tertiary/aromatic N) is 5. The summed E-state index contributed by atoms with van der Waals surface area (Å²) in [7, 11) is 1.33. The van der Waals surface area contributed by atoms with E-state index < -0.39 is 11.8 Å². The highest BCUT2D eigenvalue weighted by molar-refractivity contribution is 6.30. The van der Waals surface area contributed by atoms with Crippen LogP contribution in [-0.4, -0.2) is 89.9 Å². The minimum atomic E-state index is -0.464. The first-order valence-electron chi connectivity index (χ1n) is 15.6. The number of hydrogen-bond acceptors (Lipinski definition) is 10. The Balaban J connectivity index is 1.09. The van der Waals surface area contributed by atoms with E-state index in [0.717, 1.165) is 11.6 Å². The Morgan fingerprint density at radius 1 is 1.08 bits per heavy atom. The molecule has 4 aromatic rings. The number of aromatic nitrogens is 3. The second-order valence-corrected chi connectivity index (χ2v) is 12.0. The summed E-state index contributed by atoms with van der Waals surface area (Å²) in [5, 5.41) is 6.70. The lowest BCUT2D eigenvalue weighted by atomic mass is 10.0. The lowest BCUT2D eigenvalue weighted by molar-refractivity contribution is -0.118. The summed E-state index contributed by atoms with van der Waals surface area (Å²) in [6, 6.07) is 14.9. The number of methoxy groups -OCH3 is 1. The van der Waals surface area contributed by atoms with Gasteiger partial charge >= 0.3 is 5.97 Å². The molecule has 0 unspecified atom stereocenters. The van der Waals surface area contributed by atoms with Crippen LogP contribution < -0.4 is 20.3 Å². The number of piperazine rings is 1. The Bertz CT molecular complexity index is 1770. The molecule has 0 spiro atoms. The molecule has 2 saturated heterocycles. The van der Waals surface area contributed by atoms with Gasteiger partial charge in [-0.15, -0.1) is 0 Å². The van der Waals surface area contributed by atoms with Crippen molar-refractivity contribution in [1.29, 1.82) is 0 Å². The number of rotatable bonds is 12. The Morgan fingerprint density at radius 3 is 2.73 bits per heavy atom. The highest BCUT2D eigenvalue weighted by Crippen LogP contribution is 2.29. The SMILES string of the molecule is COC(=O)c1ccc(NC(=O)CN2CCN(c3cccc(OCc4ccc(Cl)cc4F)n3)[C@H]3COC[C@H]32)c(NCCn2ccnc2C)c1. The van der Waals surface area contributed by atoms with Gasteiger partial charge in [0.2, 0.25) is 11.8 Å². The Kier molecular flexibility index (Phi) is 10.4. The topological polar surface area (TPSA) is 123 Å². The van der Waals surface area contributed by atoms with E-state index in [1.54, 1.807) is 42.6 Å². The van der Waals surface area contributed by atoms with Crippen LogP contribution in [0.5, 0.6) is 5.88 Å². The molecule has 12 nitrogen and oxygen atoms in total. The molecular weight excluding hydrogens is 641 g/mol. The van der Waals surface area contributed by atoms with Crippen LogP contribution in [0.2, 0.25) is 5.02 Å². The number of nitrogens with one attached hydrogen (secondary N) is 2. The zero-order valence-corrected chi connectivity index (χ0v) is 27.5. The summed E-state index contributed by atoms with van der Waals surface area (Å²) in [5.74, 6) is 0.912. The fraction of sp³-hybridized carbons (Fsp3) is 0.353. The maximum Gasteiger partial charge on any atom is 0.337 e. The summed E-state index contributed by atoms with van der Waals surface area (Å²) in [5.41, 5.74) is 1.93. The molecule has 0 saturated carbocycles. The minimum Gasteiger partial charge on any atom is -0.473 e. The van der Waals surface area contributed by atoms with Crippen LogP contribution in [0.4, 0.5) is 21.6 Å². The van der Waals surface area contributed by atoms with Crippen molar-refractivity contribution in [2.45, 2.75) is 32.2 Å². The number of carbonyl (C=O) groups is 2. The zero-order valence-electron chi connectivity index (χ0n) is 26.7. The van der Waals surface area contributed by atoms with E-state index in [4.69, 9.17) is 30.8 Å². The van der Waals surface area contributed by atoms with Crippen molar-refractivity contribution >= 4 is 40.7 Å². The molecule has 2 fully saturated rings. The molecular formula is C34H37ClFN7O5. The zero-order chi connectivity index (χ0) is 33.6. The quantitative estimate of drug-likeness (QED) is 0.209. The normalized spacial score (nSPS) is 17.5. The Hall–Kier alpha value is -4.72. The molecule has 1 amide bonds. The van der Waals surface area contributed by atoms with Crippen LogP contribution in [0.1, 0.15) is 21.7 Å². The fourth-order valence-corrected chi connectivity index (χ4v) is 6.19. The van der Waals surface area contributed by atoms with Gasteiger partial charge in [-0.2, -0.15) is 4.98 Å². The van der Waals surface area contributed by atoms with Gasteiger partial charge < -0.3 is 34.3 Å². The number of fused-ring (bicyclic) bond motifs is 1. The van der Waals surface area contributed by atoms with Gasteiger partial charge in [-0.3, -0.25) is 9.69 Å². The predicted molar refractivity (Wildman–Crippen MR) is 179 cm³/mol. The summed E-state index contributed by atoms with van der Waals surface area (Å²) in [6.45, 7) is 5.51. The molecule has 0 aliphatic carbocycles.